The van der Waals surface area contributed by atoms with E-state index in [0.717, 1.165) is 0 Å². The van der Waals surface area contributed by atoms with E-state index in [1.165, 1.54) is 62.8 Å². The van der Waals surface area contributed by atoms with Crippen LogP contribution in [-0.4, -0.2) is 42.5 Å². The molecule has 1 N–H and O–H groups in total. The standard InChI is InChI=1S/C19H19F3N2O5/c1-3-28-17(26)18(19(20,21)22,24-16(25)14-8-10-23-11-9-14)29-12-13-4-6-15(27-2)7-5-13/h4-11H,3,12H2,1-2H3,(H,24,25). The number of amides is 1. The Kier molecular flexibility index (Phi) is 7.16. The Morgan fingerprint density at radius 2 is 1.69 bits per heavy atom. The average Bonchev–Trinajstić information content (AvgIpc) is 2.71. The van der Waals surface area contributed by atoms with Gasteiger partial charge in [-0.05, 0) is 36.8 Å². The Morgan fingerprint density at radius 3 is 2.21 bits per heavy atom. The van der Waals surface area contributed by atoms with E-state index < -0.39 is 30.4 Å². The number of halogens is 3. The van der Waals surface area contributed by atoms with Gasteiger partial charge in [-0.3, -0.25) is 9.78 Å². The van der Waals surface area contributed by atoms with Gasteiger partial charge in [-0.1, -0.05) is 12.1 Å². The molecular formula is C19H19F3N2O5. The van der Waals surface area contributed by atoms with Gasteiger partial charge < -0.3 is 19.5 Å². The molecule has 1 amide bonds. The number of methoxy groups -OCH3 is 1. The molecule has 0 fully saturated rings. The highest BCUT2D eigenvalue weighted by atomic mass is 19.4. The molecule has 2 aromatic rings. The highest BCUT2D eigenvalue weighted by Crippen LogP contribution is 2.34. The lowest BCUT2D eigenvalue weighted by molar-refractivity contribution is -0.287. The maximum Gasteiger partial charge on any atom is 0.448 e. The maximum absolute atomic E-state index is 14.0. The highest BCUT2D eigenvalue weighted by Gasteiger charge is 2.65. The number of carbonyl (C=O) groups excluding carboxylic acids is 2. The van der Waals surface area contributed by atoms with Gasteiger partial charge in [-0.2, -0.15) is 13.2 Å². The van der Waals surface area contributed by atoms with E-state index in [-0.39, 0.29) is 12.2 Å². The summed E-state index contributed by atoms with van der Waals surface area (Å²) in [5, 5.41) is 1.65. The Balaban J connectivity index is 2.36. The molecule has 0 radical (unpaired) electrons. The fourth-order valence-electron chi connectivity index (χ4n) is 2.30. The highest BCUT2D eigenvalue weighted by molar-refractivity contribution is 5.97. The van der Waals surface area contributed by atoms with E-state index in [1.807, 2.05) is 0 Å². The van der Waals surface area contributed by atoms with Crippen LogP contribution in [0, 0.1) is 0 Å². The van der Waals surface area contributed by atoms with Crippen molar-refractivity contribution in [1.82, 2.24) is 10.3 Å². The number of esters is 1. The van der Waals surface area contributed by atoms with E-state index in [4.69, 9.17) is 9.47 Å². The van der Waals surface area contributed by atoms with Gasteiger partial charge in [0.05, 0.1) is 20.3 Å². The predicted octanol–water partition coefficient (Wildman–Crippen LogP) is 2.86. The van der Waals surface area contributed by atoms with Crippen molar-refractivity contribution in [1.29, 1.82) is 0 Å². The Hall–Kier alpha value is -3.14. The second-order valence-corrected chi connectivity index (χ2v) is 5.73. The van der Waals surface area contributed by atoms with Crippen molar-refractivity contribution in [2.24, 2.45) is 0 Å². The number of alkyl halides is 3. The Morgan fingerprint density at radius 1 is 1.07 bits per heavy atom. The molecular weight excluding hydrogens is 393 g/mol. The van der Waals surface area contributed by atoms with Crippen LogP contribution >= 0.6 is 0 Å². The summed E-state index contributed by atoms with van der Waals surface area (Å²) in [6.45, 7) is 0.375. The lowest BCUT2D eigenvalue weighted by Crippen LogP contribution is -2.66. The Labute approximate surface area is 164 Å². The zero-order valence-electron chi connectivity index (χ0n) is 15.7. The van der Waals surface area contributed by atoms with Crippen LogP contribution in [0.1, 0.15) is 22.8 Å². The van der Waals surface area contributed by atoms with Crippen molar-refractivity contribution in [2.45, 2.75) is 25.4 Å². The molecule has 7 nitrogen and oxygen atoms in total. The minimum absolute atomic E-state index is 0.133. The lowest BCUT2D eigenvalue weighted by Gasteiger charge is -2.33. The summed E-state index contributed by atoms with van der Waals surface area (Å²) in [5.41, 5.74) is -3.50. The minimum Gasteiger partial charge on any atom is -0.497 e. The van der Waals surface area contributed by atoms with Crippen molar-refractivity contribution in [2.75, 3.05) is 13.7 Å². The van der Waals surface area contributed by atoms with Crippen LogP contribution in [0.25, 0.3) is 0 Å². The van der Waals surface area contributed by atoms with Crippen LogP contribution in [0.4, 0.5) is 13.2 Å². The van der Waals surface area contributed by atoms with Crippen molar-refractivity contribution < 1.29 is 37.0 Å². The topological polar surface area (TPSA) is 86.8 Å². The molecule has 1 heterocycles. The number of nitrogens with one attached hydrogen (secondary N) is 1. The Bertz CT molecular complexity index is 828. The molecule has 2 rings (SSSR count). The first-order valence-electron chi connectivity index (χ1n) is 8.47. The maximum atomic E-state index is 14.0. The van der Waals surface area contributed by atoms with Gasteiger partial charge >= 0.3 is 17.9 Å². The molecule has 0 saturated carbocycles. The van der Waals surface area contributed by atoms with Crippen molar-refractivity contribution >= 4 is 11.9 Å². The van der Waals surface area contributed by atoms with Crippen LogP contribution in [0.15, 0.2) is 48.8 Å². The zero-order chi connectivity index (χ0) is 21.5. The molecule has 0 spiro atoms. The monoisotopic (exact) mass is 412 g/mol. The smallest absolute Gasteiger partial charge is 0.448 e. The molecule has 0 saturated heterocycles. The normalized spacial score (nSPS) is 13.3. The third-order valence-electron chi connectivity index (χ3n) is 3.81. The van der Waals surface area contributed by atoms with Crippen molar-refractivity contribution in [3.63, 3.8) is 0 Å². The first-order valence-corrected chi connectivity index (χ1v) is 8.47. The molecule has 1 atom stereocenters. The summed E-state index contributed by atoms with van der Waals surface area (Å²) in [6.07, 6.45) is -2.84. The first-order chi connectivity index (χ1) is 13.7. The second kappa shape index (κ2) is 9.37. The summed E-state index contributed by atoms with van der Waals surface area (Å²) in [4.78, 5) is 28.3. The van der Waals surface area contributed by atoms with Crippen LogP contribution in [0.5, 0.6) is 5.75 Å². The number of carbonyl (C=O) groups is 2. The zero-order valence-corrected chi connectivity index (χ0v) is 15.7. The number of aromatic nitrogens is 1. The van der Waals surface area contributed by atoms with Gasteiger partial charge in [0.1, 0.15) is 5.75 Å². The fraction of sp³-hybridized carbons (Fsp3) is 0.316. The number of benzene rings is 1. The molecule has 0 aliphatic carbocycles. The summed E-state index contributed by atoms with van der Waals surface area (Å²) >= 11 is 0. The van der Waals surface area contributed by atoms with Gasteiger partial charge in [0.2, 0.25) is 0 Å². The van der Waals surface area contributed by atoms with Gasteiger partial charge in [0, 0.05) is 18.0 Å². The van der Waals surface area contributed by atoms with E-state index >= 15 is 0 Å². The molecule has 29 heavy (non-hydrogen) atoms. The number of rotatable bonds is 8. The molecule has 1 unspecified atom stereocenters. The second-order valence-electron chi connectivity index (χ2n) is 5.73. The van der Waals surface area contributed by atoms with Crippen LogP contribution in [0.3, 0.4) is 0 Å². The van der Waals surface area contributed by atoms with E-state index in [9.17, 15) is 22.8 Å². The van der Waals surface area contributed by atoms with Gasteiger partial charge in [-0.15, -0.1) is 0 Å². The van der Waals surface area contributed by atoms with Crippen LogP contribution < -0.4 is 10.1 Å². The minimum atomic E-state index is -5.30. The molecule has 0 aliphatic rings. The van der Waals surface area contributed by atoms with E-state index in [0.29, 0.717) is 11.3 Å². The van der Waals surface area contributed by atoms with Crippen LogP contribution in [-0.2, 0) is 20.9 Å². The molecule has 10 heteroatoms. The van der Waals surface area contributed by atoms with Crippen molar-refractivity contribution in [3.8, 4) is 5.75 Å². The van der Waals surface area contributed by atoms with Gasteiger partial charge in [-0.25, -0.2) is 4.79 Å². The molecule has 0 bridgehead atoms. The summed E-state index contributed by atoms with van der Waals surface area (Å²) < 4.78 is 56.4. The molecule has 0 aliphatic heterocycles. The quantitative estimate of drug-likeness (QED) is 0.530. The SMILES string of the molecule is CCOC(=O)C(NC(=O)c1ccncc1)(OCc1ccc(OC)cc1)C(F)(F)F. The number of hydrogen-bond donors (Lipinski definition) is 1. The first kappa shape index (κ1) is 22.2. The predicted molar refractivity (Wildman–Crippen MR) is 94.9 cm³/mol. The van der Waals surface area contributed by atoms with Gasteiger partial charge in [0.15, 0.2) is 0 Å². The fourth-order valence-corrected chi connectivity index (χ4v) is 2.30. The van der Waals surface area contributed by atoms with Crippen molar-refractivity contribution in [3.05, 3.63) is 59.9 Å². The molecule has 156 valence electrons. The van der Waals surface area contributed by atoms with Crippen LogP contribution in [0.2, 0.25) is 0 Å². The van der Waals surface area contributed by atoms with E-state index in [2.05, 4.69) is 9.72 Å². The summed E-state index contributed by atoms with van der Waals surface area (Å²) in [5.74, 6) is -2.46. The number of nitrogens with zero attached hydrogens (tertiary/aromatic N) is 1. The largest absolute Gasteiger partial charge is 0.497 e. The molecule has 1 aromatic heterocycles. The number of ether oxygens (including phenoxy) is 3. The van der Waals surface area contributed by atoms with E-state index in [1.54, 1.807) is 5.32 Å². The lowest BCUT2D eigenvalue weighted by atomic mass is 10.1. The number of pyridine rings is 1. The van der Waals surface area contributed by atoms with Gasteiger partial charge in [0.25, 0.3) is 5.91 Å². The third kappa shape index (κ3) is 5.23. The average molecular weight is 412 g/mol. The summed E-state index contributed by atoms with van der Waals surface area (Å²) in [6, 6.07) is 8.38. The number of hydrogen-bond acceptors (Lipinski definition) is 6. The molecule has 1 aromatic carbocycles. The third-order valence-corrected chi connectivity index (χ3v) is 3.81. The summed E-state index contributed by atoms with van der Waals surface area (Å²) in [7, 11) is 1.44.